The summed E-state index contributed by atoms with van der Waals surface area (Å²) in [4.78, 5) is 47.9. The van der Waals surface area contributed by atoms with E-state index >= 15 is 0 Å². The number of nitrogens with zero attached hydrogens (tertiary/aromatic N) is 1. The number of nitrogens with two attached hydrogens (primary N) is 1. The minimum absolute atomic E-state index is 0.0706. The Morgan fingerprint density at radius 1 is 1.36 bits per heavy atom. The van der Waals surface area contributed by atoms with Crippen molar-refractivity contribution in [3.63, 3.8) is 0 Å². The molecular weight excluding hydrogens is 348 g/mol. The Bertz CT molecular complexity index is 527. The molecule has 0 aromatic carbocycles. The molecule has 0 aliphatic carbocycles. The fourth-order valence-electron chi connectivity index (χ4n) is 2.51. The van der Waals surface area contributed by atoms with E-state index in [1.54, 1.807) is 13.8 Å². The smallest absolute Gasteiger partial charge is 0.323 e. The van der Waals surface area contributed by atoms with Crippen LogP contribution in [0.15, 0.2) is 0 Å². The van der Waals surface area contributed by atoms with E-state index in [1.807, 2.05) is 0 Å². The second kappa shape index (κ2) is 9.76. The maximum absolute atomic E-state index is 12.6. The van der Waals surface area contributed by atoms with Crippen LogP contribution in [0.1, 0.15) is 46.0 Å². The summed E-state index contributed by atoms with van der Waals surface area (Å²) in [6.45, 7) is 3.89. The fraction of sp³-hybridized carbons (Fsp3) is 0.750. The zero-order chi connectivity index (χ0) is 19.0. The number of thioether (sulfide) groups is 1. The van der Waals surface area contributed by atoms with Crippen LogP contribution in [0.5, 0.6) is 0 Å². The number of hydrogen-bond acceptors (Lipinski definition) is 7. The van der Waals surface area contributed by atoms with Crippen LogP contribution in [0.3, 0.4) is 0 Å². The topological polar surface area (TPSA) is 127 Å². The van der Waals surface area contributed by atoms with Crippen molar-refractivity contribution < 1.29 is 29.0 Å². The van der Waals surface area contributed by atoms with Crippen LogP contribution in [0, 0.1) is 0 Å². The molecule has 25 heavy (non-hydrogen) atoms. The molecule has 9 heteroatoms. The van der Waals surface area contributed by atoms with Gasteiger partial charge in [-0.15, -0.1) is 11.8 Å². The number of carboxylic acid groups (broad SMARTS) is 1. The summed E-state index contributed by atoms with van der Waals surface area (Å²) < 4.78 is 3.90. The molecule has 1 fully saturated rings. The van der Waals surface area contributed by atoms with E-state index in [1.165, 1.54) is 16.7 Å². The molecule has 0 aromatic heterocycles. The van der Waals surface area contributed by atoms with Crippen LogP contribution >= 0.6 is 11.8 Å². The second-order valence-electron chi connectivity index (χ2n) is 6.13. The number of carbonyl (C=O) groups is 4. The summed E-state index contributed by atoms with van der Waals surface area (Å²) in [6, 6.07) is -0.838. The van der Waals surface area contributed by atoms with Crippen molar-refractivity contribution in [2.24, 2.45) is 5.73 Å². The van der Waals surface area contributed by atoms with Crippen LogP contribution in [-0.2, 0) is 23.9 Å². The highest BCUT2D eigenvalue weighted by atomic mass is 32.2. The molecule has 1 heterocycles. The van der Waals surface area contributed by atoms with Crippen LogP contribution in [0.25, 0.3) is 0 Å². The molecule has 1 rings (SSSR count). The number of hydrogen-bond donors (Lipinski definition) is 2. The van der Waals surface area contributed by atoms with Crippen LogP contribution in [0.2, 0.25) is 0 Å². The average molecular weight is 374 g/mol. The number of amides is 2. The third-order valence-corrected chi connectivity index (χ3v) is 5.41. The number of ether oxygens (including phenoxy) is 1. The molecule has 0 saturated carbocycles. The largest absolute Gasteiger partial charge is 0.481 e. The van der Waals surface area contributed by atoms with Gasteiger partial charge in [0.15, 0.2) is 0 Å². The first-order chi connectivity index (χ1) is 11.7. The molecule has 142 valence electrons. The molecule has 8 nitrogen and oxygen atoms in total. The number of carbonyl (C=O) groups excluding carboxylic acids is 3. The van der Waals surface area contributed by atoms with E-state index in [0.717, 1.165) is 0 Å². The summed E-state index contributed by atoms with van der Waals surface area (Å²) in [6.07, 6.45) is 1.89. The SMILES string of the molecule is CCOC(=O)[C@@H](N)CS[C@]1(C)CC(=O)N(CCCCCC(=O)O)C1=O. The summed E-state index contributed by atoms with van der Waals surface area (Å²) in [5.41, 5.74) is 5.74. The van der Waals surface area contributed by atoms with Crippen molar-refractivity contribution >= 4 is 35.5 Å². The molecular formula is C16H26N2O6S. The zero-order valence-electron chi connectivity index (χ0n) is 14.7. The van der Waals surface area contributed by atoms with Crippen LogP contribution < -0.4 is 5.73 Å². The molecule has 0 spiro atoms. The highest BCUT2D eigenvalue weighted by Gasteiger charge is 2.48. The van der Waals surface area contributed by atoms with Gasteiger partial charge in [0.1, 0.15) is 10.8 Å². The monoisotopic (exact) mass is 374 g/mol. The minimum atomic E-state index is -0.928. The number of aliphatic carboxylic acids is 1. The lowest BCUT2D eigenvalue weighted by Crippen LogP contribution is -2.40. The van der Waals surface area contributed by atoms with Gasteiger partial charge in [-0.3, -0.25) is 24.1 Å². The van der Waals surface area contributed by atoms with E-state index in [2.05, 4.69) is 0 Å². The number of esters is 1. The van der Waals surface area contributed by atoms with Crippen molar-refractivity contribution in [1.82, 2.24) is 4.90 Å². The second-order valence-corrected chi connectivity index (χ2v) is 7.66. The summed E-state index contributed by atoms with van der Waals surface area (Å²) in [5.74, 6) is -1.71. The summed E-state index contributed by atoms with van der Waals surface area (Å²) in [5, 5.41) is 8.59. The fourth-order valence-corrected chi connectivity index (χ4v) is 3.65. The maximum Gasteiger partial charge on any atom is 0.323 e. The summed E-state index contributed by atoms with van der Waals surface area (Å²) >= 11 is 1.20. The Balaban J connectivity index is 2.48. The quantitative estimate of drug-likeness (QED) is 0.308. The molecule has 2 amide bonds. The van der Waals surface area contributed by atoms with E-state index in [9.17, 15) is 19.2 Å². The predicted octanol–water partition coefficient (Wildman–Crippen LogP) is 0.773. The van der Waals surface area contributed by atoms with Gasteiger partial charge < -0.3 is 15.6 Å². The van der Waals surface area contributed by atoms with Crippen molar-refractivity contribution in [2.45, 2.75) is 56.7 Å². The Kier molecular flexibility index (Phi) is 8.37. The Morgan fingerprint density at radius 2 is 2.04 bits per heavy atom. The van der Waals surface area contributed by atoms with Gasteiger partial charge in [-0.1, -0.05) is 6.42 Å². The number of imide groups is 1. The standard InChI is InChI=1S/C16H26N2O6S/c1-3-24-14(22)11(17)10-25-16(2)9-12(19)18(15(16)23)8-6-4-5-7-13(20)21/h11H,3-10,17H2,1-2H3,(H,20,21)/t11-,16+/m0/s1. The molecule has 0 bridgehead atoms. The van der Waals surface area contributed by atoms with Gasteiger partial charge >= 0.3 is 11.9 Å². The third kappa shape index (κ3) is 6.32. The number of likely N-dealkylation sites (tertiary alicyclic amines) is 1. The first kappa shape index (κ1) is 21.4. The molecule has 2 atom stereocenters. The summed E-state index contributed by atoms with van der Waals surface area (Å²) in [7, 11) is 0. The van der Waals surface area contributed by atoms with Crippen molar-refractivity contribution in [1.29, 1.82) is 0 Å². The molecule has 1 aliphatic rings. The van der Waals surface area contributed by atoms with Gasteiger partial charge in [-0.2, -0.15) is 0 Å². The Labute approximate surface area is 151 Å². The lowest BCUT2D eigenvalue weighted by Gasteiger charge is -2.23. The molecule has 0 radical (unpaired) electrons. The Hall–Kier alpha value is -1.61. The number of rotatable bonds is 11. The Morgan fingerprint density at radius 3 is 2.64 bits per heavy atom. The van der Waals surface area contributed by atoms with E-state index in [4.69, 9.17) is 15.6 Å². The normalized spacial score (nSPS) is 21.5. The van der Waals surface area contributed by atoms with Crippen molar-refractivity contribution in [3.05, 3.63) is 0 Å². The lowest BCUT2D eigenvalue weighted by molar-refractivity contribution is -0.144. The minimum Gasteiger partial charge on any atom is -0.481 e. The molecule has 1 aliphatic heterocycles. The van der Waals surface area contributed by atoms with Crippen LogP contribution in [0.4, 0.5) is 0 Å². The van der Waals surface area contributed by atoms with E-state index < -0.39 is 22.7 Å². The number of carboxylic acids is 1. The van der Waals surface area contributed by atoms with Gasteiger partial charge in [-0.25, -0.2) is 0 Å². The molecule has 3 N–H and O–H groups in total. The third-order valence-electron chi connectivity index (χ3n) is 3.93. The first-order valence-electron chi connectivity index (χ1n) is 8.34. The van der Waals surface area contributed by atoms with Crippen molar-refractivity contribution in [3.8, 4) is 0 Å². The van der Waals surface area contributed by atoms with Gasteiger partial charge in [0.05, 0.1) is 13.0 Å². The van der Waals surface area contributed by atoms with Crippen LogP contribution in [-0.4, -0.2) is 63.5 Å². The predicted molar refractivity (Wildman–Crippen MR) is 92.9 cm³/mol. The maximum atomic E-state index is 12.6. The molecule has 0 aromatic rings. The highest BCUT2D eigenvalue weighted by molar-refractivity contribution is 8.01. The van der Waals surface area contributed by atoms with Gasteiger partial charge in [0.25, 0.3) is 0 Å². The van der Waals surface area contributed by atoms with Gasteiger partial charge in [-0.05, 0) is 26.7 Å². The average Bonchev–Trinajstić information content (AvgIpc) is 2.75. The lowest BCUT2D eigenvalue weighted by atomic mass is 10.1. The number of unbranched alkanes of at least 4 members (excludes halogenated alkanes) is 2. The molecule has 1 saturated heterocycles. The van der Waals surface area contributed by atoms with Crippen molar-refractivity contribution in [2.75, 3.05) is 18.9 Å². The van der Waals surface area contributed by atoms with Gasteiger partial charge in [0, 0.05) is 18.7 Å². The van der Waals surface area contributed by atoms with E-state index in [-0.39, 0.29) is 43.6 Å². The van der Waals surface area contributed by atoms with E-state index in [0.29, 0.717) is 19.3 Å². The zero-order valence-corrected chi connectivity index (χ0v) is 15.5. The molecule has 0 unspecified atom stereocenters. The highest BCUT2D eigenvalue weighted by Crippen LogP contribution is 2.37. The first-order valence-corrected chi connectivity index (χ1v) is 9.32. The van der Waals surface area contributed by atoms with Gasteiger partial charge in [0.2, 0.25) is 11.8 Å².